The smallest absolute Gasteiger partial charge is 0.291 e. The number of nitrogens with zero attached hydrogens (tertiary/aromatic N) is 4. The monoisotopic (exact) mass is 318 g/mol. The van der Waals surface area contributed by atoms with Gasteiger partial charge in [-0.1, -0.05) is 11.6 Å². The lowest BCUT2D eigenvalue weighted by atomic mass is 10.1. The van der Waals surface area contributed by atoms with Crippen molar-refractivity contribution in [2.24, 2.45) is 0 Å². The van der Waals surface area contributed by atoms with E-state index in [1.807, 2.05) is 0 Å². The van der Waals surface area contributed by atoms with Gasteiger partial charge in [-0.05, 0) is 6.07 Å². The average Bonchev–Trinajstić information content (AvgIpc) is 2.58. The summed E-state index contributed by atoms with van der Waals surface area (Å²) in [5.41, 5.74) is 0. The van der Waals surface area contributed by atoms with Gasteiger partial charge < -0.3 is 9.64 Å². The van der Waals surface area contributed by atoms with Crippen LogP contribution in [-0.4, -0.2) is 45.0 Å². The summed E-state index contributed by atoms with van der Waals surface area (Å²) >= 11 is 6.03. The fraction of sp³-hybridized carbons (Fsp3) is 0.333. The van der Waals surface area contributed by atoms with E-state index in [4.69, 9.17) is 16.3 Å². The third kappa shape index (κ3) is 3.33. The summed E-state index contributed by atoms with van der Waals surface area (Å²) in [6.07, 6.45) is 7.88. The maximum Gasteiger partial charge on any atom is 0.291 e. The lowest BCUT2D eigenvalue weighted by Crippen LogP contribution is -2.42. The summed E-state index contributed by atoms with van der Waals surface area (Å²) in [6, 6.07) is 3.44. The van der Waals surface area contributed by atoms with Gasteiger partial charge in [0, 0.05) is 56.8 Å². The maximum absolute atomic E-state index is 12.2. The van der Waals surface area contributed by atoms with Crippen LogP contribution in [0.3, 0.4) is 0 Å². The molecule has 114 valence electrons. The Morgan fingerprint density at radius 2 is 1.95 bits per heavy atom. The molecule has 1 aliphatic heterocycles. The van der Waals surface area contributed by atoms with Gasteiger partial charge in [-0.15, -0.1) is 0 Å². The van der Waals surface area contributed by atoms with Gasteiger partial charge >= 0.3 is 0 Å². The molecule has 22 heavy (non-hydrogen) atoms. The highest BCUT2D eigenvalue weighted by Crippen LogP contribution is 2.26. The third-order valence-corrected chi connectivity index (χ3v) is 3.80. The quantitative estimate of drug-likeness (QED) is 0.868. The molecule has 1 amide bonds. The van der Waals surface area contributed by atoms with Crippen molar-refractivity contribution in [3.8, 4) is 5.75 Å². The number of ether oxygens (including phenoxy) is 1. The van der Waals surface area contributed by atoms with Gasteiger partial charge in [0.25, 0.3) is 5.91 Å². The molecule has 2 aromatic rings. The summed E-state index contributed by atoms with van der Waals surface area (Å²) in [7, 11) is 0. The topological polar surface area (TPSA) is 68.2 Å². The van der Waals surface area contributed by atoms with E-state index < -0.39 is 0 Å². The molecule has 3 heterocycles. The standard InChI is InChI=1S/C15H15ClN4O2/c16-12-10-17-7-2-13(12)22-11-3-8-20(9-4-11)15(21)14-18-5-1-6-19-14/h1-2,5-7,10-11H,3-4,8-9H2. The molecule has 0 N–H and O–H groups in total. The summed E-state index contributed by atoms with van der Waals surface area (Å²) in [5, 5.41) is 0.499. The van der Waals surface area contributed by atoms with E-state index in [1.54, 1.807) is 41.8 Å². The molecule has 1 aliphatic rings. The van der Waals surface area contributed by atoms with Crippen molar-refractivity contribution in [2.75, 3.05) is 13.1 Å². The van der Waals surface area contributed by atoms with Crippen LogP contribution in [0, 0.1) is 0 Å². The molecule has 0 atom stereocenters. The Morgan fingerprint density at radius 3 is 2.64 bits per heavy atom. The van der Waals surface area contributed by atoms with Gasteiger partial charge in [0.1, 0.15) is 16.9 Å². The number of pyridine rings is 1. The van der Waals surface area contributed by atoms with Gasteiger partial charge in [0.2, 0.25) is 5.82 Å². The summed E-state index contributed by atoms with van der Waals surface area (Å²) in [6.45, 7) is 1.23. The minimum atomic E-state index is -0.138. The van der Waals surface area contributed by atoms with Crippen molar-refractivity contribution < 1.29 is 9.53 Å². The molecule has 6 nitrogen and oxygen atoms in total. The van der Waals surface area contributed by atoms with Crippen molar-refractivity contribution >= 4 is 17.5 Å². The van der Waals surface area contributed by atoms with E-state index in [0.29, 0.717) is 23.9 Å². The number of hydrogen-bond acceptors (Lipinski definition) is 5. The molecule has 0 aliphatic carbocycles. The maximum atomic E-state index is 12.2. The number of rotatable bonds is 3. The molecule has 3 rings (SSSR count). The molecule has 1 fully saturated rings. The Labute approximate surface area is 133 Å². The number of halogens is 1. The first-order chi connectivity index (χ1) is 10.7. The Kier molecular flexibility index (Phi) is 4.48. The fourth-order valence-electron chi connectivity index (χ4n) is 2.37. The molecule has 0 unspecified atom stereocenters. The van der Waals surface area contributed by atoms with Crippen LogP contribution in [0.4, 0.5) is 0 Å². The number of piperidine rings is 1. The molecule has 0 bridgehead atoms. The Morgan fingerprint density at radius 1 is 1.23 bits per heavy atom. The van der Waals surface area contributed by atoms with Crippen LogP contribution in [0.5, 0.6) is 5.75 Å². The fourth-order valence-corrected chi connectivity index (χ4v) is 2.53. The molecule has 1 saturated heterocycles. The first-order valence-electron chi connectivity index (χ1n) is 7.06. The van der Waals surface area contributed by atoms with E-state index in [-0.39, 0.29) is 17.8 Å². The van der Waals surface area contributed by atoms with E-state index in [0.717, 1.165) is 12.8 Å². The van der Waals surface area contributed by atoms with Crippen LogP contribution in [0.1, 0.15) is 23.5 Å². The van der Waals surface area contributed by atoms with Crippen LogP contribution >= 0.6 is 11.6 Å². The molecular weight excluding hydrogens is 304 g/mol. The largest absolute Gasteiger partial charge is 0.489 e. The molecule has 0 spiro atoms. The lowest BCUT2D eigenvalue weighted by Gasteiger charge is -2.31. The Bertz CT molecular complexity index is 645. The first-order valence-corrected chi connectivity index (χ1v) is 7.44. The van der Waals surface area contributed by atoms with Crippen molar-refractivity contribution in [2.45, 2.75) is 18.9 Å². The highest BCUT2D eigenvalue weighted by atomic mass is 35.5. The van der Waals surface area contributed by atoms with Crippen LogP contribution in [0.25, 0.3) is 0 Å². The summed E-state index contributed by atoms with van der Waals surface area (Å²) in [4.78, 5) is 25.9. The van der Waals surface area contributed by atoms with Crippen molar-refractivity contribution in [1.82, 2.24) is 19.9 Å². The van der Waals surface area contributed by atoms with Crippen LogP contribution in [-0.2, 0) is 0 Å². The van der Waals surface area contributed by atoms with Crippen molar-refractivity contribution in [3.63, 3.8) is 0 Å². The Balaban J connectivity index is 1.57. The minimum absolute atomic E-state index is 0.0423. The number of hydrogen-bond donors (Lipinski definition) is 0. The summed E-state index contributed by atoms with van der Waals surface area (Å²) in [5.74, 6) is 0.730. The van der Waals surface area contributed by atoms with E-state index in [9.17, 15) is 4.79 Å². The molecular formula is C15H15ClN4O2. The predicted molar refractivity (Wildman–Crippen MR) is 80.8 cm³/mol. The van der Waals surface area contributed by atoms with E-state index in [2.05, 4.69) is 15.0 Å². The Hall–Kier alpha value is -2.21. The van der Waals surface area contributed by atoms with Gasteiger partial charge in [0.15, 0.2) is 0 Å². The van der Waals surface area contributed by atoms with Gasteiger partial charge in [0.05, 0.1) is 0 Å². The van der Waals surface area contributed by atoms with Crippen LogP contribution in [0.2, 0.25) is 5.02 Å². The second-order valence-electron chi connectivity index (χ2n) is 4.99. The highest BCUT2D eigenvalue weighted by molar-refractivity contribution is 6.31. The molecule has 7 heteroatoms. The SMILES string of the molecule is O=C(c1ncccn1)N1CCC(Oc2ccncc2Cl)CC1. The molecule has 0 radical (unpaired) electrons. The summed E-state index contributed by atoms with van der Waals surface area (Å²) < 4.78 is 5.88. The van der Waals surface area contributed by atoms with E-state index >= 15 is 0 Å². The second kappa shape index (κ2) is 6.70. The van der Waals surface area contributed by atoms with Gasteiger partial charge in [-0.25, -0.2) is 9.97 Å². The second-order valence-corrected chi connectivity index (χ2v) is 5.40. The number of amides is 1. The number of carbonyl (C=O) groups is 1. The third-order valence-electron chi connectivity index (χ3n) is 3.52. The molecule has 2 aromatic heterocycles. The number of carbonyl (C=O) groups excluding carboxylic acids is 1. The number of likely N-dealkylation sites (tertiary alicyclic amines) is 1. The van der Waals surface area contributed by atoms with Gasteiger partial charge in [-0.3, -0.25) is 9.78 Å². The first kappa shape index (κ1) is 14.7. The normalized spacial score (nSPS) is 15.6. The van der Waals surface area contributed by atoms with Crippen molar-refractivity contribution in [3.05, 3.63) is 47.8 Å². The highest BCUT2D eigenvalue weighted by Gasteiger charge is 2.26. The minimum Gasteiger partial charge on any atom is -0.489 e. The zero-order valence-electron chi connectivity index (χ0n) is 11.9. The zero-order chi connectivity index (χ0) is 15.4. The molecule has 0 aromatic carbocycles. The zero-order valence-corrected chi connectivity index (χ0v) is 12.6. The van der Waals surface area contributed by atoms with E-state index in [1.165, 1.54) is 0 Å². The predicted octanol–water partition coefficient (Wildman–Crippen LogP) is 2.21. The van der Waals surface area contributed by atoms with Crippen LogP contribution < -0.4 is 4.74 Å². The lowest BCUT2D eigenvalue weighted by molar-refractivity contribution is 0.0584. The van der Waals surface area contributed by atoms with Crippen LogP contribution in [0.15, 0.2) is 36.9 Å². The average molecular weight is 319 g/mol. The van der Waals surface area contributed by atoms with Gasteiger partial charge in [-0.2, -0.15) is 0 Å². The number of aromatic nitrogens is 3. The van der Waals surface area contributed by atoms with Crippen molar-refractivity contribution in [1.29, 1.82) is 0 Å². The molecule has 0 saturated carbocycles.